The summed E-state index contributed by atoms with van der Waals surface area (Å²) in [4.78, 5) is 25.3. The molecular weight excluding hydrogens is 324 g/mol. The summed E-state index contributed by atoms with van der Waals surface area (Å²) in [5, 5.41) is 1.28. The van der Waals surface area contributed by atoms with Crippen LogP contribution >= 0.6 is 0 Å². The zero-order valence-corrected chi connectivity index (χ0v) is 15.9. The van der Waals surface area contributed by atoms with Gasteiger partial charge in [-0.1, -0.05) is 36.3 Å². The molecule has 0 spiro atoms. The van der Waals surface area contributed by atoms with E-state index in [9.17, 15) is 9.59 Å². The van der Waals surface area contributed by atoms with Gasteiger partial charge in [0.1, 0.15) is 0 Å². The predicted molar refractivity (Wildman–Crippen MR) is 103 cm³/mol. The Morgan fingerprint density at radius 3 is 2.23 bits per heavy atom. The number of aryl methyl sites for hydroxylation is 1. The minimum atomic E-state index is -0.615. The van der Waals surface area contributed by atoms with Gasteiger partial charge in [0.05, 0.1) is 5.54 Å². The van der Waals surface area contributed by atoms with Crippen molar-refractivity contribution in [3.8, 4) is 11.8 Å². The van der Waals surface area contributed by atoms with Crippen LogP contribution in [-0.2, 0) is 4.79 Å². The van der Waals surface area contributed by atoms with E-state index >= 15 is 0 Å². The van der Waals surface area contributed by atoms with Crippen molar-refractivity contribution in [1.29, 1.82) is 0 Å². The molecule has 4 heteroatoms. The highest BCUT2D eigenvalue weighted by molar-refractivity contribution is 6.00. The third-order valence-corrected chi connectivity index (χ3v) is 4.02. The Hall–Kier alpha value is -3.06. The van der Waals surface area contributed by atoms with Crippen LogP contribution in [0, 0.1) is 25.7 Å². The number of amides is 2. The van der Waals surface area contributed by atoms with Crippen molar-refractivity contribution in [1.82, 2.24) is 10.4 Å². The molecule has 0 aliphatic carbocycles. The normalized spacial score (nSPS) is 10.5. The van der Waals surface area contributed by atoms with E-state index in [0.717, 1.165) is 16.7 Å². The topological polar surface area (TPSA) is 49.4 Å². The molecule has 0 heterocycles. The van der Waals surface area contributed by atoms with Crippen LogP contribution in [0.3, 0.4) is 0 Å². The third kappa shape index (κ3) is 4.73. The monoisotopic (exact) mass is 348 g/mol. The number of nitrogens with one attached hydrogen (secondary N) is 1. The van der Waals surface area contributed by atoms with Crippen LogP contribution in [0.1, 0.15) is 47.8 Å². The van der Waals surface area contributed by atoms with E-state index in [1.165, 1.54) is 5.01 Å². The number of carbonyl (C=O) groups excluding carboxylic acids is 2. The number of hydrogen-bond donors (Lipinski definition) is 1. The molecule has 0 atom stereocenters. The smallest absolute Gasteiger partial charge is 0.267 e. The molecule has 2 aromatic carbocycles. The second kappa shape index (κ2) is 7.88. The van der Waals surface area contributed by atoms with Gasteiger partial charge in [-0.25, -0.2) is 5.01 Å². The van der Waals surface area contributed by atoms with Crippen molar-refractivity contribution in [2.75, 3.05) is 0 Å². The molecule has 0 radical (unpaired) electrons. The molecule has 1 N–H and O–H groups in total. The van der Waals surface area contributed by atoms with E-state index in [1.54, 1.807) is 6.07 Å². The molecule has 2 amide bonds. The van der Waals surface area contributed by atoms with Gasteiger partial charge >= 0.3 is 5.91 Å². The molecule has 0 bridgehead atoms. The largest absolute Gasteiger partial charge is 0.317 e. The Labute approximate surface area is 155 Å². The first-order valence-electron chi connectivity index (χ1n) is 8.48. The molecule has 0 saturated heterocycles. The number of nitrogens with zero attached hydrogens (tertiary/aromatic N) is 1. The molecule has 0 fully saturated rings. The summed E-state index contributed by atoms with van der Waals surface area (Å²) in [5.41, 5.74) is 5.31. The summed E-state index contributed by atoms with van der Waals surface area (Å²) in [6.07, 6.45) is 0. The lowest BCUT2D eigenvalue weighted by molar-refractivity contribution is -0.132. The first-order chi connectivity index (χ1) is 12.2. The van der Waals surface area contributed by atoms with Crippen LogP contribution in [-0.4, -0.2) is 22.4 Å². The fraction of sp³-hybridized carbons (Fsp3) is 0.273. The maximum Gasteiger partial charge on any atom is 0.317 e. The Bertz CT molecular complexity index is 868. The zero-order chi connectivity index (χ0) is 19.3. The van der Waals surface area contributed by atoms with Crippen molar-refractivity contribution in [3.05, 3.63) is 70.8 Å². The molecule has 134 valence electrons. The molecule has 26 heavy (non-hydrogen) atoms. The van der Waals surface area contributed by atoms with Gasteiger partial charge in [-0.05, 0) is 63.9 Å². The van der Waals surface area contributed by atoms with E-state index in [-0.39, 0.29) is 5.91 Å². The standard InChI is InChI=1S/C22H24N2O2/c1-16-10-9-13-19(17(16)2)21(26)23-24(22(3,4)5)20(25)15-14-18-11-7-6-8-12-18/h6-13H,1-5H3,(H,23,26). The number of benzene rings is 2. The van der Waals surface area contributed by atoms with Crippen molar-refractivity contribution in [2.45, 2.75) is 40.2 Å². The summed E-state index contributed by atoms with van der Waals surface area (Å²) in [6, 6.07) is 14.8. The van der Waals surface area contributed by atoms with Gasteiger partial charge in [0.25, 0.3) is 5.91 Å². The molecule has 4 nitrogen and oxygen atoms in total. The Kier molecular flexibility index (Phi) is 5.84. The molecule has 2 aromatic rings. The fourth-order valence-corrected chi connectivity index (χ4v) is 2.38. The van der Waals surface area contributed by atoms with Crippen LogP contribution < -0.4 is 5.43 Å². The average Bonchev–Trinajstić information content (AvgIpc) is 2.59. The SMILES string of the molecule is Cc1cccc(C(=O)NN(C(=O)C#Cc2ccccc2)C(C)(C)C)c1C. The zero-order valence-electron chi connectivity index (χ0n) is 15.9. The molecule has 2 rings (SSSR count). The summed E-state index contributed by atoms with van der Waals surface area (Å²) in [6.45, 7) is 9.38. The summed E-state index contributed by atoms with van der Waals surface area (Å²) in [7, 11) is 0. The van der Waals surface area contributed by atoms with Crippen LogP contribution in [0.25, 0.3) is 0 Å². The molecule has 0 aliphatic heterocycles. The first-order valence-corrected chi connectivity index (χ1v) is 8.48. The Morgan fingerprint density at radius 2 is 1.62 bits per heavy atom. The van der Waals surface area contributed by atoms with E-state index in [1.807, 2.05) is 77.1 Å². The number of hydrazine groups is 1. The van der Waals surface area contributed by atoms with Crippen molar-refractivity contribution >= 4 is 11.8 Å². The third-order valence-electron chi connectivity index (χ3n) is 4.02. The van der Waals surface area contributed by atoms with Gasteiger partial charge < -0.3 is 0 Å². The lowest BCUT2D eigenvalue weighted by Crippen LogP contribution is -2.55. The predicted octanol–water partition coefficient (Wildman–Crippen LogP) is 3.63. The molecule has 0 unspecified atom stereocenters. The van der Waals surface area contributed by atoms with Crippen LogP contribution in [0.15, 0.2) is 48.5 Å². The highest BCUT2D eigenvalue weighted by atomic mass is 16.2. The molecular formula is C22H24N2O2. The minimum absolute atomic E-state index is 0.323. The summed E-state index contributed by atoms with van der Waals surface area (Å²) < 4.78 is 0. The van der Waals surface area contributed by atoms with Gasteiger partial charge in [0.2, 0.25) is 0 Å². The maximum absolute atomic E-state index is 12.7. The van der Waals surface area contributed by atoms with Gasteiger partial charge in [0.15, 0.2) is 0 Å². The highest BCUT2D eigenvalue weighted by Gasteiger charge is 2.28. The quantitative estimate of drug-likeness (QED) is 0.632. The minimum Gasteiger partial charge on any atom is -0.267 e. The Morgan fingerprint density at radius 1 is 0.962 bits per heavy atom. The lowest BCUT2D eigenvalue weighted by atomic mass is 10.0. The fourth-order valence-electron chi connectivity index (χ4n) is 2.38. The van der Waals surface area contributed by atoms with Crippen molar-refractivity contribution in [2.24, 2.45) is 0 Å². The lowest BCUT2D eigenvalue weighted by Gasteiger charge is -2.34. The van der Waals surface area contributed by atoms with E-state index < -0.39 is 11.4 Å². The first kappa shape index (κ1) is 19.3. The summed E-state index contributed by atoms with van der Waals surface area (Å²) >= 11 is 0. The van der Waals surface area contributed by atoms with Crippen LogP contribution in [0.4, 0.5) is 0 Å². The van der Waals surface area contributed by atoms with E-state index in [2.05, 4.69) is 17.3 Å². The average molecular weight is 348 g/mol. The molecule has 0 aliphatic rings. The van der Waals surface area contributed by atoms with Gasteiger partial charge in [-0.3, -0.25) is 15.0 Å². The number of hydrogen-bond acceptors (Lipinski definition) is 2. The molecule has 0 saturated carbocycles. The van der Waals surface area contributed by atoms with E-state index in [0.29, 0.717) is 5.56 Å². The van der Waals surface area contributed by atoms with Crippen molar-refractivity contribution in [3.63, 3.8) is 0 Å². The van der Waals surface area contributed by atoms with E-state index in [4.69, 9.17) is 0 Å². The maximum atomic E-state index is 12.7. The Balaban J connectivity index is 2.26. The van der Waals surface area contributed by atoms with Gasteiger partial charge in [-0.15, -0.1) is 0 Å². The van der Waals surface area contributed by atoms with Crippen molar-refractivity contribution < 1.29 is 9.59 Å². The number of carbonyl (C=O) groups is 2. The second-order valence-electron chi connectivity index (χ2n) is 7.12. The van der Waals surface area contributed by atoms with Crippen LogP contribution in [0.2, 0.25) is 0 Å². The number of rotatable bonds is 1. The van der Waals surface area contributed by atoms with Crippen LogP contribution in [0.5, 0.6) is 0 Å². The van der Waals surface area contributed by atoms with Gasteiger partial charge in [-0.2, -0.15) is 0 Å². The molecule has 0 aromatic heterocycles. The van der Waals surface area contributed by atoms with Gasteiger partial charge in [0, 0.05) is 17.0 Å². The summed E-state index contributed by atoms with van der Waals surface area (Å²) in [5.74, 6) is 4.67. The second-order valence-corrected chi connectivity index (χ2v) is 7.12. The highest BCUT2D eigenvalue weighted by Crippen LogP contribution is 2.15.